The minimum Gasteiger partial charge on any atom is -0.0622 e. The van der Waals surface area contributed by atoms with Crippen LogP contribution in [0.3, 0.4) is 0 Å². The third-order valence-corrected chi connectivity index (χ3v) is 14.0. The molecule has 0 saturated carbocycles. The number of hydrogen-bond acceptors (Lipinski definition) is 0. The van der Waals surface area contributed by atoms with Crippen LogP contribution in [0.25, 0.3) is 0 Å². The van der Waals surface area contributed by atoms with Crippen molar-refractivity contribution in [3.63, 3.8) is 0 Å². The summed E-state index contributed by atoms with van der Waals surface area (Å²) in [5.74, 6) is 0. The van der Waals surface area contributed by atoms with Gasteiger partial charge in [-0.25, -0.2) is 0 Å². The molecule has 0 aliphatic rings. The summed E-state index contributed by atoms with van der Waals surface area (Å²) in [7, 11) is -0.425. The number of rotatable bonds is 23. The molecular formula is C42H56P2. The Morgan fingerprint density at radius 1 is 0.227 bits per heavy atom. The van der Waals surface area contributed by atoms with Crippen molar-refractivity contribution in [2.75, 3.05) is 12.3 Å². The molecule has 44 heavy (non-hydrogen) atoms. The lowest BCUT2D eigenvalue weighted by Crippen LogP contribution is -2.13. The maximum Gasteiger partial charge on any atom is -0.0195 e. The largest absolute Gasteiger partial charge is 0.0622 e. The standard InChI is InChI=1S/C42H56P2/c1(3-5-7-9-11-13-27-37-43(39-29-19-15-20-30-39)40-31-21-16-22-32-40)2-4-6-8-10-12-14-28-38-44(41-33-23-17-24-34-41)42-35-25-18-26-36-42/h15-26,29-36H,1-14,27-28,37-38H2. The van der Waals surface area contributed by atoms with E-state index in [0.717, 1.165) is 0 Å². The third kappa shape index (κ3) is 13.4. The molecule has 0 fully saturated rings. The van der Waals surface area contributed by atoms with Gasteiger partial charge in [0.2, 0.25) is 0 Å². The van der Waals surface area contributed by atoms with Gasteiger partial charge in [-0.15, -0.1) is 0 Å². The summed E-state index contributed by atoms with van der Waals surface area (Å²) in [6.07, 6.45) is 25.3. The van der Waals surface area contributed by atoms with Crippen molar-refractivity contribution in [1.82, 2.24) is 0 Å². The Labute approximate surface area is 272 Å². The Hall–Kier alpha value is -2.26. The molecule has 4 aromatic rings. The zero-order valence-corrected chi connectivity index (χ0v) is 29.0. The van der Waals surface area contributed by atoms with Crippen molar-refractivity contribution < 1.29 is 0 Å². The van der Waals surface area contributed by atoms with Crippen LogP contribution in [0.2, 0.25) is 0 Å². The Morgan fingerprint density at radius 3 is 0.614 bits per heavy atom. The number of hydrogen-bond donors (Lipinski definition) is 0. The molecule has 0 aliphatic carbocycles. The van der Waals surface area contributed by atoms with Crippen LogP contribution in [0.5, 0.6) is 0 Å². The molecule has 0 bridgehead atoms. The monoisotopic (exact) mass is 622 g/mol. The highest BCUT2D eigenvalue weighted by Gasteiger charge is 2.13. The number of benzene rings is 4. The van der Waals surface area contributed by atoms with E-state index >= 15 is 0 Å². The maximum atomic E-state index is 2.33. The SMILES string of the molecule is c1ccc(P(CCCCCCCCCCCCCCCCCCP(c2ccccc2)c2ccccc2)c2ccccc2)cc1. The first kappa shape index (κ1) is 34.6. The fraction of sp³-hybridized carbons (Fsp3) is 0.429. The molecule has 4 rings (SSSR count). The van der Waals surface area contributed by atoms with Gasteiger partial charge in [0.1, 0.15) is 0 Å². The average molecular weight is 623 g/mol. The van der Waals surface area contributed by atoms with Gasteiger partial charge < -0.3 is 0 Å². The summed E-state index contributed by atoms with van der Waals surface area (Å²) in [6, 6.07) is 44.8. The normalized spacial score (nSPS) is 11.4. The lowest BCUT2D eigenvalue weighted by molar-refractivity contribution is 0.532. The van der Waals surface area contributed by atoms with Crippen molar-refractivity contribution in [1.29, 1.82) is 0 Å². The molecular weight excluding hydrogens is 566 g/mol. The van der Waals surface area contributed by atoms with Gasteiger partial charge in [0.15, 0.2) is 0 Å². The van der Waals surface area contributed by atoms with E-state index in [1.807, 2.05) is 0 Å². The van der Waals surface area contributed by atoms with Crippen LogP contribution in [-0.4, -0.2) is 12.3 Å². The Bertz CT molecular complexity index is 1030. The second-order valence-corrected chi connectivity index (χ2v) is 17.0. The molecule has 0 nitrogen and oxygen atoms in total. The second kappa shape index (κ2) is 22.3. The molecule has 0 spiro atoms. The Morgan fingerprint density at radius 2 is 0.409 bits per heavy atom. The molecule has 0 aromatic heterocycles. The Balaban J connectivity index is 0.941. The van der Waals surface area contributed by atoms with Crippen molar-refractivity contribution in [3.8, 4) is 0 Å². The van der Waals surface area contributed by atoms with Gasteiger partial charge in [0.25, 0.3) is 0 Å². The quantitative estimate of drug-likeness (QED) is 0.0570. The minimum absolute atomic E-state index is 0.213. The third-order valence-electron chi connectivity index (χ3n) is 8.78. The van der Waals surface area contributed by atoms with Crippen LogP contribution in [0.15, 0.2) is 121 Å². The highest BCUT2D eigenvalue weighted by Crippen LogP contribution is 2.36. The van der Waals surface area contributed by atoms with E-state index in [2.05, 4.69) is 121 Å². The molecule has 2 heteroatoms. The molecule has 0 unspecified atom stereocenters. The molecule has 234 valence electrons. The van der Waals surface area contributed by atoms with E-state index in [1.54, 1.807) is 0 Å². The van der Waals surface area contributed by atoms with Gasteiger partial charge in [-0.1, -0.05) is 211 Å². The lowest BCUT2D eigenvalue weighted by atomic mass is 10.0. The smallest absolute Gasteiger partial charge is 0.0195 e. The first-order valence-electron chi connectivity index (χ1n) is 17.7. The molecule has 0 saturated heterocycles. The fourth-order valence-electron chi connectivity index (χ4n) is 6.26. The van der Waals surface area contributed by atoms with Crippen LogP contribution in [-0.2, 0) is 0 Å². The highest BCUT2D eigenvalue weighted by atomic mass is 31.1. The van der Waals surface area contributed by atoms with Crippen molar-refractivity contribution in [3.05, 3.63) is 121 Å². The van der Waals surface area contributed by atoms with E-state index < -0.39 is 0 Å². The predicted molar refractivity (Wildman–Crippen MR) is 202 cm³/mol. The summed E-state index contributed by atoms with van der Waals surface area (Å²) >= 11 is 0. The molecule has 0 N–H and O–H groups in total. The van der Waals surface area contributed by atoms with Crippen LogP contribution in [0.1, 0.15) is 103 Å². The highest BCUT2D eigenvalue weighted by molar-refractivity contribution is 7.73. The van der Waals surface area contributed by atoms with Crippen molar-refractivity contribution >= 4 is 37.1 Å². The fourth-order valence-corrected chi connectivity index (χ4v) is 11.1. The molecule has 4 aromatic carbocycles. The van der Waals surface area contributed by atoms with Crippen molar-refractivity contribution in [2.45, 2.75) is 103 Å². The molecule has 0 radical (unpaired) electrons. The summed E-state index contributed by atoms with van der Waals surface area (Å²) < 4.78 is 0. The molecule has 0 aliphatic heterocycles. The van der Waals surface area contributed by atoms with Gasteiger partial charge in [0.05, 0.1) is 0 Å². The van der Waals surface area contributed by atoms with Gasteiger partial charge in [-0.2, -0.15) is 0 Å². The topological polar surface area (TPSA) is 0 Å². The van der Waals surface area contributed by atoms with Gasteiger partial charge in [-0.05, 0) is 62.2 Å². The summed E-state index contributed by atoms with van der Waals surface area (Å²) in [5.41, 5.74) is 0. The van der Waals surface area contributed by atoms with E-state index in [0.29, 0.717) is 0 Å². The van der Waals surface area contributed by atoms with Crippen LogP contribution in [0.4, 0.5) is 0 Å². The van der Waals surface area contributed by atoms with Gasteiger partial charge in [-0.3, -0.25) is 0 Å². The first-order valence-corrected chi connectivity index (χ1v) is 20.7. The lowest BCUT2D eigenvalue weighted by Gasteiger charge is -2.18. The van der Waals surface area contributed by atoms with E-state index in [9.17, 15) is 0 Å². The van der Waals surface area contributed by atoms with Gasteiger partial charge in [0, 0.05) is 0 Å². The Kier molecular flexibility index (Phi) is 17.5. The summed E-state index contributed by atoms with van der Waals surface area (Å²) in [4.78, 5) is 0. The van der Waals surface area contributed by atoms with Crippen LogP contribution in [0, 0.1) is 0 Å². The van der Waals surface area contributed by atoms with Crippen molar-refractivity contribution in [2.24, 2.45) is 0 Å². The zero-order valence-electron chi connectivity index (χ0n) is 27.2. The molecule has 0 atom stereocenters. The first-order chi connectivity index (χ1) is 21.9. The number of unbranched alkanes of at least 4 members (excludes halogenated alkanes) is 15. The average Bonchev–Trinajstić information content (AvgIpc) is 3.09. The molecule has 0 amide bonds. The molecule has 0 heterocycles. The minimum atomic E-state index is -0.213. The predicted octanol–water partition coefficient (Wildman–Crippen LogP) is 11.5. The summed E-state index contributed by atoms with van der Waals surface area (Å²) in [6.45, 7) is 0. The van der Waals surface area contributed by atoms with Crippen LogP contribution < -0.4 is 21.2 Å². The zero-order chi connectivity index (χ0) is 30.3. The van der Waals surface area contributed by atoms with E-state index in [1.165, 1.54) is 136 Å². The van der Waals surface area contributed by atoms with E-state index in [-0.39, 0.29) is 15.8 Å². The maximum absolute atomic E-state index is 2.33. The second-order valence-electron chi connectivity index (χ2n) is 12.3. The van der Waals surface area contributed by atoms with Crippen LogP contribution >= 0.6 is 15.8 Å². The summed E-state index contributed by atoms with van der Waals surface area (Å²) in [5, 5.41) is 6.12. The van der Waals surface area contributed by atoms with Gasteiger partial charge >= 0.3 is 0 Å². The van der Waals surface area contributed by atoms with E-state index in [4.69, 9.17) is 0 Å².